The Morgan fingerprint density at radius 1 is 0.588 bits per heavy atom. The standard InChI is InChI=1S/C12H24Cl3ISi/c13-17(14,15)12-10-8-6-4-2-1-3-5-7-9-11-16/h1-12H2. The van der Waals surface area contributed by atoms with Gasteiger partial charge in [0.1, 0.15) is 0 Å². The highest BCUT2D eigenvalue weighted by molar-refractivity contribution is 14.1. The lowest BCUT2D eigenvalue weighted by atomic mass is 10.1. The van der Waals surface area contributed by atoms with Gasteiger partial charge in [0.15, 0.2) is 0 Å². The first-order chi connectivity index (χ1) is 8.06. The molecule has 0 heterocycles. The van der Waals surface area contributed by atoms with Gasteiger partial charge in [-0.3, -0.25) is 0 Å². The lowest BCUT2D eigenvalue weighted by Gasteiger charge is -2.06. The largest absolute Gasteiger partial charge is 0.341 e. The molecule has 0 aliphatic rings. The molecule has 0 bridgehead atoms. The molecule has 0 atom stereocenters. The van der Waals surface area contributed by atoms with Crippen molar-refractivity contribution in [2.45, 2.75) is 70.3 Å². The normalized spacial score (nSPS) is 12.0. The smallest absolute Gasteiger partial charge is 0.126 e. The Morgan fingerprint density at radius 3 is 1.29 bits per heavy atom. The van der Waals surface area contributed by atoms with Crippen molar-refractivity contribution in [3.63, 3.8) is 0 Å². The zero-order valence-corrected chi connectivity index (χ0v) is 15.9. The van der Waals surface area contributed by atoms with Gasteiger partial charge in [0.2, 0.25) is 0 Å². The summed E-state index contributed by atoms with van der Waals surface area (Å²) < 4.78 is 1.31. The minimum absolute atomic E-state index is 0.827. The van der Waals surface area contributed by atoms with Crippen molar-refractivity contribution in [2.24, 2.45) is 0 Å². The van der Waals surface area contributed by atoms with E-state index in [0.29, 0.717) is 0 Å². The molecule has 0 amide bonds. The molecule has 17 heavy (non-hydrogen) atoms. The van der Waals surface area contributed by atoms with E-state index in [4.69, 9.17) is 33.2 Å². The number of unbranched alkanes of at least 4 members (excludes halogenated alkanes) is 9. The van der Waals surface area contributed by atoms with E-state index >= 15 is 0 Å². The molecule has 0 nitrogen and oxygen atoms in total. The van der Waals surface area contributed by atoms with Crippen molar-refractivity contribution in [2.75, 3.05) is 4.43 Å². The second-order valence-electron chi connectivity index (χ2n) is 4.59. The van der Waals surface area contributed by atoms with E-state index in [1.807, 2.05) is 0 Å². The van der Waals surface area contributed by atoms with Gasteiger partial charge in [-0.25, -0.2) is 0 Å². The second-order valence-corrected chi connectivity index (χ2v) is 14.9. The maximum atomic E-state index is 5.83. The van der Waals surface area contributed by atoms with Crippen molar-refractivity contribution in [1.82, 2.24) is 0 Å². The van der Waals surface area contributed by atoms with Crippen LogP contribution in [0.3, 0.4) is 0 Å². The van der Waals surface area contributed by atoms with Crippen molar-refractivity contribution in [3.05, 3.63) is 0 Å². The monoisotopic (exact) mass is 428 g/mol. The van der Waals surface area contributed by atoms with Gasteiger partial charge in [0.25, 0.3) is 0 Å². The van der Waals surface area contributed by atoms with E-state index in [0.717, 1.165) is 12.5 Å². The van der Waals surface area contributed by atoms with E-state index in [-0.39, 0.29) is 0 Å². The molecule has 0 saturated carbocycles. The lowest BCUT2D eigenvalue weighted by molar-refractivity contribution is 0.563. The zero-order chi connectivity index (χ0) is 13.0. The Balaban J connectivity index is 2.99. The third-order valence-electron chi connectivity index (χ3n) is 2.84. The number of hydrogen-bond donors (Lipinski definition) is 0. The van der Waals surface area contributed by atoms with Crippen molar-refractivity contribution in [3.8, 4) is 0 Å². The summed E-state index contributed by atoms with van der Waals surface area (Å²) in [5, 5.41) is 0. The van der Waals surface area contributed by atoms with E-state index < -0.39 is 6.00 Å². The molecule has 0 aromatic heterocycles. The summed E-state index contributed by atoms with van der Waals surface area (Å²) in [7, 11) is 0. The van der Waals surface area contributed by atoms with E-state index in [2.05, 4.69) is 22.6 Å². The molecular formula is C12H24Cl3ISi. The van der Waals surface area contributed by atoms with Gasteiger partial charge < -0.3 is 0 Å². The SMILES string of the molecule is Cl[Si](Cl)(Cl)CCCCCCCCCCCCI. The second kappa shape index (κ2) is 12.8. The van der Waals surface area contributed by atoms with Gasteiger partial charge in [-0.2, -0.15) is 0 Å². The Morgan fingerprint density at radius 2 is 0.941 bits per heavy atom. The van der Waals surface area contributed by atoms with Gasteiger partial charge in [0, 0.05) is 0 Å². The number of hydrogen-bond acceptors (Lipinski definition) is 0. The first-order valence-corrected chi connectivity index (χ1v) is 13.5. The van der Waals surface area contributed by atoms with Gasteiger partial charge in [0.05, 0.1) is 0 Å². The number of alkyl halides is 1. The summed E-state index contributed by atoms with van der Waals surface area (Å²) in [4.78, 5) is 0. The van der Waals surface area contributed by atoms with Crippen LogP contribution in [0.25, 0.3) is 0 Å². The quantitative estimate of drug-likeness (QED) is 0.103. The van der Waals surface area contributed by atoms with Crippen LogP contribution >= 0.6 is 55.8 Å². The van der Waals surface area contributed by atoms with Gasteiger partial charge >= 0.3 is 6.00 Å². The van der Waals surface area contributed by atoms with Crippen LogP contribution in [0.5, 0.6) is 0 Å². The Bertz CT molecular complexity index is 162. The first kappa shape index (κ1) is 18.8. The van der Waals surface area contributed by atoms with Crippen LogP contribution in [-0.4, -0.2) is 10.4 Å². The predicted molar refractivity (Wildman–Crippen MR) is 93.2 cm³/mol. The molecule has 0 fully saturated rings. The molecule has 0 unspecified atom stereocenters. The van der Waals surface area contributed by atoms with Crippen molar-refractivity contribution >= 4 is 61.8 Å². The molecule has 104 valence electrons. The van der Waals surface area contributed by atoms with E-state index in [1.165, 1.54) is 62.2 Å². The third kappa shape index (κ3) is 17.8. The molecule has 0 aliphatic heterocycles. The van der Waals surface area contributed by atoms with Gasteiger partial charge in [-0.15, -0.1) is 33.2 Å². The molecule has 0 saturated heterocycles. The Labute approximate surface area is 135 Å². The molecule has 0 aliphatic carbocycles. The van der Waals surface area contributed by atoms with E-state index in [9.17, 15) is 0 Å². The van der Waals surface area contributed by atoms with Crippen LogP contribution < -0.4 is 0 Å². The average molecular weight is 430 g/mol. The highest BCUT2D eigenvalue weighted by Gasteiger charge is 2.23. The van der Waals surface area contributed by atoms with Crippen LogP contribution in [0, 0.1) is 0 Å². The predicted octanol–water partition coefficient (Wildman–Crippen LogP) is 6.98. The Hall–Kier alpha value is 1.82. The van der Waals surface area contributed by atoms with Crippen LogP contribution in [0.1, 0.15) is 64.2 Å². The highest BCUT2D eigenvalue weighted by Crippen LogP contribution is 2.27. The van der Waals surface area contributed by atoms with Crippen LogP contribution in [-0.2, 0) is 0 Å². The minimum atomic E-state index is -2.34. The molecule has 0 rings (SSSR count). The van der Waals surface area contributed by atoms with E-state index in [1.54, 1.807) is 0 Å². The lowest BCUT2D eigenvalue weighted by Crippen LogP contribution is -2.07. The van der Waals surface area contributed by atoms with Crippen LogP contribution in [0.4, 0.5) is 0 Å². The summed E-state index contributed by atoms with van der Waals surface area (Å²) in [6.07, 6.45) is 13.4. The first-order valence-electron chi connectivity index (χ1n) is 6.69. The summed E-state index contributed by atoms with van der Waals surface area (Å²) in [6, 6.07) is -1.51. The summed E-state index contributed by atoms with van der Waals surface area (Å²) in [5.74, 6) is 0. The number of halogens is 4. The fourth-order valence-corrected chi connectivity index (χ4v) is 4.23. The molecule has 5 heteroatoms. The molecule has 0 radical (unpaired) electrons. The van der Waals surface area contributed by atoms with Crippen molar-refractivity contribution < 1.29 is 0 Å². The molecule has 0 aromatic carbocycles. The molecule has 0 aromatic rings. The Kier molecular flexibility index (Phi) is 14.2. The fraction of sp³-hybridized carbons (Fsp3) is 1.00. The minimum Gasteiger partial charge on any atom is -0.126 e. The topological polar surface area (TPSA) is 0 Å². The summed E-state index contributed by atoms with van der Waals surface area (Å²) in [5.41, 5.74) is 0. The fourth-order valence-electron chi connectivity index (χ4n) is 1.83. The maximum absolute atomic E-state index is 5.83. The van der Waals surface area contributed by atoms with Gasteiger partial charge in [-0.05, 0) is 16.9 Å². The van der Waals surface area contributed by atoms with Gasteiger partial charge in [-0.1, -0.05) is 80.4 Å². The highest BCUT2D eigenvalue weighted by atomic mass is 127. The maximum Gasteiger partial charge on any atom is 0.341 e. The molecule has 0 spiro atoms. The van der Waals surface area contributed by atoms with Crippen molar-refractivity contribution in [1.29, 1.82) is 0 Å². The van der Waals surface area contributed by atoms with Crippen LogP contribution in [0.2, 0.25) is 6.04 Å². The molecule has 0 N–H and O–H groups in total. The third-order valence-corrected chi connectivity index (χ3v) is 6.23. The van der Waals surface area contributed by atoms with Crippen LogP contribution in [0.15, 0.2) is 0 Å². The zero-order valence-electron chi connectivity index (χ0n) is 10.5. The number of rotatable bonds is 12. The molecular weight excluding hydrogens is 405 g/mol. The summed E-state index contributed by atoms with van der Waals surface area (Å²) in [6.45, 7) is 0. The summed E-state index contributed by atoms with van der Waals surface area (Å²) >= 11 is 19.9. The average Bonchev–Trinajstić information content (AvgIpc) is 2.24.